The smallest absolute Gasteiger partial charge is 0.148 e. The zero-order chi connectivity index (χ0) is 10.7. The van der Waals surface area contributed by atoms with E-state index in [2.05, 4.69) is 45.1 Å². The second-order valence-electron chi connectivity index (χ2n) is 3.94. The summed E-state index contributed by atoms with van der Waals surface area (Å²) in [5, 5.41) is 0. The molecule has 1 heterocycles. The van der Waals surface area contributed by atoms with Gasteiger partial charge in [-0.05, 0) is 24.1 Å². The predicted molar refractivity (Wildman–Crippen MR) is 63.9 cm³/mol. The van der Waals surface area contributed by atoms with Crippen LogP contribution in [0.3, 0.4) is 0 Å². The highest BCUT2D eigenvalue weighted by Gasteiger charge is 2.18. The molecule has 0 N–H and O–H groups in total. The first-order valence-corrected chi connectivity index (χ1v) is 6.02. The Morgan fingerprint density at radius 3 is 2.60 bits per heavy atom. The first-order chi connectivity index (χ1) is 7.24. The molecule has 1 aromatic rings. The van der Waals surface area contributed by atoms with Crippen molar-refractivity contribution in [2.45, 2.75) is 12.8 Å². The number of likely N-dealkylation sites (tertiary alicyclic amines) is 1. The summed E-state index contributed by atoms with van der Waals surface area (Å²) in [5.41, 5.74) is 1.33. The zero-order valence-electron chi connectivity index (χ0n) is 8.58. The zero-order valence-corrected chi connectivity index (χ0v) is 10.2. The fourth-order valence-electron chi connectivity index (χ4n) is 1.82. The Bertz CT molecular complexity index is 347. The predicted octanol–water partition coefficient (Wildman–Crippen LogP) is 2.27. The summed E-state index contributed by atoms with van der Waals surface area (Å²) in [6.45, 7) is 2.58. The number of ketones is 1. The third-order valence-electron chi connectivity index (χ3n) is 2.74. The van der Waals surface area contributed by atoms with E-state index in [-0.39, 0.29) is 0 Å². The molecule has 0 aromatic heterocycles. The molecule has 1 saturated heterocycles. The van der Waals surface area contributed by atoms with Crippen LogP contribution in [0.5, 0.6) is 0 Å². The van der Waals surface area contributed by atoms with Crippen LogP contribution in [-0.4, -0.2) is 30.3 Å². The largest absolute Gasteiger partial charge is 0.298 e. The maximum Gasteiger partial charge on any atom is 0.148 e. The van der Waals surface area contributed by atoms with Crippen LogP contribution in [0.4, 0.5) is 0 Å². The first kappa shape index (κ1) is 10.8. The Morgan fingerprint density at radius 1 is 1.27 bits per heavy atom. The Morgan fingerprint density at radius 2 is 2.00 bits per heavy atom. The molecule has 0 unspecified atom stereocenters. The van der Waals surface area contributed by atoms with Crippen molar-refractivity contribution < 1.29 is 4.79 Å². The van der Waals surface area contributed by atoms with E-state index in [1.807, 2.05) is 0 Å². The Labute approximate surface area is 98.4 Å². The van der Waals surface area contributed by atoms with Crippen molar-refractivity contribution in [1.82, 2.24) is 4.90 Å². The minimum absolute atomic E-state index is 0.380. The van der Waals surface area contributed by atoms with Gasteiger partial charge in [-0.3, -0.25) is 9.69 Å². The van der Waals surface area contributed by atoms with Gasteiger partial charge in [0.25, 0.3) is 0 Å². The minimum Gasteiger partial charge on any atom is -0.298 e. The van der Waals surface area contributed by atoms with E-state index in [0.717, 1.165) is 30.4 Å². The molecule has 1 fully saturated rings. The van der Waals surface area contributed by atoms with Crippen molar-refractivity contribution in [3.8, 4) is 0 Å². The number of benzene rings is 1. The molecule has 80 valence electrons. The molecule has 2 rings (SSSR count). The lowest BCUT2D eigenvalue weighted by Crippen LogP contribution is -2.23. The van der Waals surface area contributed by atoms with Gasteiger partial charge in [0.2, 0.25) is 0 Å². The number of hydrogen-bond acceptors (Lipinski definition) is 2. The lowest BCUT2D eigenvalue weighted by molar-refractivity contribution is -0.116. The molecule has 0 amide bonds. The van der Waals surface area contributed by atoms with Crippen LogP contribution in [-0.2, 0) is 11.2 Å². The van der Waals surface area contributed by atoms with Crippen molar-refractivity contribution in [3.05, 3.63) is 34.3 Å². The Kier molecular flexibility index (Phi) is 3.54. The molecule has 1 aromatic carbocycles. The van der Waals surface area contributed by atoms with Gasteiger partial charge in [0.1, 0.15) is 5.78 Å². The third-order valence-corrected chi connectivity index (χ3v) is 3.27. The van der Waals surface area contributed by atoms with Crippen molar-refractivity contribution in [1.29, 1.82) is 0 Å². The van der Waals surface area contributed by atoms with Gasteiger partial charge in [0, 0.05) is 24.0 Å². The van der Waals surface area contributed by atoms with E-state index >= 15 is 0 Å². The van der Waals surface area contributed by atoms with E-state index in [1.54, 1.807) is 0 Å². The lowest BCUT2D eigenvalue weighted by Gasteiger charge is -2.13. The quantitative estimate of drug-likeness (QED) is 0.838. The molecule has 1 aliphatic heterocycles. The molecule has 1 aliphatic rings. The highest BCUT2D eigenvalue weighted by atomic mass is 79.9. The number of nitrogens with zero attached hydrogens (tertiary/aromatic N) is 1. The molecule has 0 bridgehead atoms. The van der Waals surface area contributed by atoms with Crippen LogP contribution in [0.1, 0.15) is 12.0 Å². The van der Waals surface area contributed by atoms with Gasteiger partial charge >= 0.3 is 0 Å². The number of carbonyl (C=O) groups is 1. The fraction of sp³-hybridized carbons (Fsp3) is 0.417. The lowest BCUT2D eigenvalue weighted by atomic mass is 10.1. The summed E-state index contributed by atoms with van der Waals surface area (Å²) >= 11 is 3.42. The fourth-order valence-corrected chi connectivity index (χ4v) is 2.08. The van der Waals surface area contributed by atoms with Crippen LogP contribution >= 0.6 is 15.9 Å². The standard InChI is InChI=1S/C12H14BrNO/c13-11-3-1-10(2-4-11)5-7-14-8-6-12(15)9-14/h1-4H,5-9H2. The SMILES string of the molecule is O=C1CCN(CCc2ccc(Br)cc2)C1. The van der Waals surface area contributed by atoms with Crippen molar-refractivity contribution >= 4 is 21.7 Å². The van der Waals surface area contributed by atoms with Gasteiger partial charge in [-0.25, -0.2) is 0 Å². The second kappa shape index (κ2) is 4.90. The first-order valence-electron chi connectivity index (χ1n) is 5.22. The summed E-state index contributed by atoms with van der Waals surface area (Å²) in [5.74, 6) is 0.380. The average molecular weight is 268 g/mol. The number of hydrogen-bond donors (Lipinski definition) is 0. The number of halogens is 1. The van der Waals surface area contributed by atoms with Crippen molar-refractivity contribution in [3.63, 3.8) is 0 Å². The molecule has 3 heteroatoms. The van der Waals surface area contributed by atoms with Crippen molar-refractivity contribution in [2.24, 2.45) is 0 Å². The summed E-state index contributed by atoms with van der Waals surface area (Å²) in [4.78, 5) is 13.3. The normalized spacial score (nSPS) is 17.3. The molecule has 0 saturated carbocycles. The van der Waals surface area contributed by atoms with Gasteiger partial charge in [-0.2, -0.15) is 0 Å². The van der Waals surface area contributed by atoms with Crippen LogP contribution in [0.2, 0.25) is 0 Å². The molecule has 2 nitrogen and oxygen atoms in total. The Hall–Kier alpha value is -0.670. The van der Waals surface area contributed by atoms with Crippen LogP contribution < -0.4 is 0 Å². The van der Waals surface area contributed by atoms with E-state index < -0.39 is 0 Å². The summed E-state index contributed by atoms with van der Waals surface area (Å²) < 4.78 is 1.11. The van der Waals surface area contributed by atoms with Gasteiger partial charge < -0.3 is 0 Å². The maximum atomic E-state index is 11.1. The van der Waals surface area contributed by atoms with Gasteiger partial charge in [0.05, 0.1) is 6.54 Å². The van der Waals surface area contributed by atoms with Crippen LogP contribution in [0.25, 0.3) is 0 Å². The number of Topliss-reactive ketones (excluding diaryl/α,β-unsaturated/α-hetero) is 1. The molecular formula is C12H14BrNO. The highest BCUT2D eigenvalue weighted by Crippen LogP contribution is 2.12. The summed E-state index contributed by atoms with van der Waals surface area (Å²) in [6.07, 6.45) is 1.76. The molecule has 0 atom stereocenters. The van der Waals surface area contributed by atoms with Crippen molar-refractivity contribution in [2.75, 3.05) is 19.6 Å². The van der Waals surface area contributed by atoms with E-state index in [9.17, 15) is 4.79 Å². The number of rotatable bonds is 3. The highest BCUT2D eigenvalue weighted by molar-refractivity contribution is 9.10. The van der Waals surface area contributed by atoms with Gasteiger partial charge in [-0.15, -0.1) is 0 Å². The number of carbonyl (C=O) groups excluding carboxylic acids is 1. The topological polar surface area (TPSA) is 20.3 Å². The molecule has 0 aliphatic carbocycles. The third kappa shape index (κ3) is 3.14. The van der Waals surface area contributed by atoms with Gasteiger partial charge in [0.15, 0.2) is 0 Å². The van der Waals surface area contributed by atoms with E-state index in [4.69, 9.17) is 0 Å². The van der Waals surface area contributed by atoms with Crippen LogP contribution in [0.15, 0.2) is 28.7 Å². The molecule has 15 heavy (non-hydrogen) atoms. The maximum absolute atomic E-state index is 11.1. The minimum atomic E-state index is 0.380. The summed E-state index contributed by atoms with van der Waals surface area (Å²) in [7, 11) is 0. The van der Waals surface area contributed by atoms with Crippen LogP contribution in [0, 0.1) is 0 Å². The summed E-state index contributed by atoms with van der Waals surface area (Å²) in [6, 6.07) is 8.37. The van der Waals surface area contributed by atoms with E-state index in [1.165, 1.54) is 5.56 Å². The average Bonchev–Trinajstić information content (AvgIpc) is 2.64. The molecular weight excluding hydrogens is 254 g/mol. The molecule has 0 radical (unpaired) electrons. The Balaban J connectivity index is 1.83. The van der Waals surface area contributed by atoms with Gasteiger partial charge in [-0.1, -0.05) is 28.1 Å². The molecule has 0 spiro atoms. The van der Waals surface area contributed by atoms with E-state index in [0.29, 0.717) is 12.3 Å². The second-order valence-corrected chi connectivity index (χ2v) is 4.86. The monoisotopic (exact) mass is 267 g/mol.